The molecule has 1 aromatic heterocycles. The van der Waals surface area contributed by atoms with Gasteiger partial charge in [0.05, 0.1) is 43.1 Å². The lowest BCUT2D eigenvalue weighted by Crippen LogP contribution is -2.19. The van der Waals surface area contributed by atoms with Crippen LogP contribution in [0.2, 0.25) is 0 Å². The molecule has 1 aliphatic carbocycles. The van der Waals surface area contributed by atoms with Crippen molar-refractivity contribution in [2.45, 2.75) is 77.0 Å². The average molecular weight is 773 g/mol. The van der Waals surface area contributed by atoms with E-state index in [-0.39, 0.29) is 60.2 Å². The fourth-order valence-electron chi connectivity index (χ4n) is 4.86. The van der Waals surface area contributed by atoms with Gasteiger partial charge in [-0.2, -0.15) is 0 Å². The molecule has 1 aliphatic rings. The number of alkyl halides is 1. The second kappa shape index (κ2) is 19.1. The van der Waals surface area contributed by atoms with E-state index in [1.54, 1.807) is 57.3 Å². The third-order valence-electron chi connectivity index (χ3n) is 6.90. The number of halogens is 1. The molecule has 45 heavy (non-hydrogen) atoms. The van der Waals surface area contributed by atoms with E-state index >= 15 is 0 Å². The molecule has 0 amide bonds. The van der Waals surface area contributed by atoms with Crippen LogP contribution in [0.15, 0.2) is 34.5 Å². The zero-order chi connectivity index (χ0) is 33.7. The third kappa shape index (κ3) is 12.1. The number of hydrogen-bond acceptors (Lipinski definition) is 12. The van der Waals surface area contributed by atoms with Gasteiger partial charge in [0.15, 0.2) is 15.3 Å². The summed E-state index contributed by atoms with van der Waals surface area (Å²) < 4.78 is 68.4. The summed E-state index contributed by atoms with van der Waals surface area (Å²) in [4.78, 5) is 29.1. The number of aromatic nitrogens is 1. The van der Waals surface area contributed by atoms with Gasteiger partial charge < -0.3 is 18.1 Å². The molecule has 3 rings (SSSR count). The molecule has 254 valence electrons. The Morgan fingerprint density at radius 2 is 1.49 bits per heavy atom. The van der Waals surface area contributed by atoms with Crippen molar-refractivity contribution in [3.8, 4) is 0 Å². The summed E-state index contributed by atoms with van der Waals surface area (Å²) in [6.07, 6.45) is 6.61. The number of carbonyl (C=O) groups excluding carboxylic acids is 2. The summed E-state index contributed by atoms with van der Waals surface area (Å²) in [5.41, 5.74) is 0.528. The summed E-state index contributed by atoms with van der Waals surface area (Å²) in [5, 5.41) is 2.20. The second-order valence-electron chi connectivity index (χ2n) is 10.2. The van der Waals surface area contributed by atoms with E-state index in [2.05, 4.69) is 20.9 Å². The van der Waals surface area contributed by atoms with Gasteiger partial charge in [-0.3, -0.25) is 18.7 Å². The van der Waals surface area contributed by atoms with Crippen molar-refractivity contribution in [3.05, 3.63) is 40.2 Å². The molecule has 1 fully saturated rings. The van der Waals surface area contributed by atoms with Crippen LogP contribution in [0, 0.1) is 5.92 Å². The minimum atomic E-state index is -3.50. The van der Waals surface area contributed by atoms with Gasteiger partial charge in [-0.1, -0.05) is 53.7 Å². The van der Waals surface area contributed by atoms with E-state index in [4.69, 9.17) is 18.1 Å². The van der Waals surface area contributed by atoms with Crippen molar-refractivity contribution in [1.82, 2.24) is 4.98 Å². The van der Waals surface area contributed by atoms with E-state index in [0.29, 0.717) is 10.9 Å². The van der Waals surface area contributed by atoms with E-state index in [0.717, 1.165) is 24.8 Å². The number of Topliss-reactive ketones (excluding diaryl/α,β-unsaturated/α-hetero) is 1. The number of sulfone groups is 1. The quantitative estimate of drug-likeness (QED) is 0.113. The van der Waals surface area contributed by atoms with Crippen LogP contribution >= 0.6 is 42.5 Å². The molecule has 1 atom stereocenters. The van der Waals surface area contributed by atoms with Gasteiger partial charge in [0.2, 0.25) is 0 Å². The first-order valence-corrected chi connectivity index (χ1v) is 21.9. The predicted molar refractivity (Wildman–Crippen MR) is 180 cm³/mol. The molecule has 1 aromatic carbocycles. The standard InChI is InChI=1S/C23H32NO6PS2.C6H12BrO4P/c1-4-29-31(26,30-5-2)22-16-32-23(24-22)15-21(25)20(14-17-8-6-7-9-17)18-10-12-19(13-11-18)33(3,27)28;1-3-10-12(9,11-4-2)6(8)5-7/h10-13,16-17,20H,4-9,14-15H2,1-3H3;3-5H2,1-2H3/t20-;/m1./s1. The van der Waals surface area contributed by atoms with Crippen LogP contribution in [0.4, 0.5) is 0 Å². The van der Waals surface area contributed by atoms with Crippen molar-refractivity contribution in [3.63, 3.8) is 0 Å². The molecule has 16 heteroatoms. The van der Waals surface area contributed by atoms with Crippen molar-refractivity contribution < 1.29 is 45.2 Å². The minimum absolute atomic E-state index is 0.00965. The van der Waals surface area contributed by atoms with Crippen LogP contribution in [0.5, 0.6) is 0 Å². The maximum Gasteiger partial charge on any atom is 0.397 e. The molecule has 0 spiro atoms. The summed E-state index contributed by atoms with van der Waals surface area (Å²) in [7, 11) is -10.3. The Bertz CT molecular complexity index is 1420. The maximum absolute atomic E-state index is 13.4. The van der Waals surface area contributed by atoms with Crippen LogP contribution in [-0.4, -0.2) is 62.7 Å². The van der Waals surface area contributed by atoms with Crippen LogP contribution in [0.1, 0.15) is 76.3 Å². The fourth-order valence-corrected chi connectivity index (χ4v) is 10.3. The van der Waals surface area contributed by atoms with Crippen molar-refractivity contribution in [2.75, 3.05) is 38.0 Å². The molecule has 0 bridgehead atoms. The van der Waals surface area contributed by atoms with Gasteiger partial charge in [0, 0.05) is 17.6 Å². The van der Waals surface area contributed by atoms with Gasteiger partial charge in [-0.05, 0) is 57.7 Å². The second-order valence-corrected chi connectivity index (χ2v) is 17.7. The molecular weight excluding hydrogens is 728 g/mol. The van der Waals surface area contributed by atoms with Gasteiger partial charge in [0.25, 0.3) is 5.52 Å². The number of hydrogen-bond donors (Lipinski definition) is 0. The SMILES string of the molecule is CCOP(=O)(OCC)C(=O)CBr.CCOP(=O)(OCC)c1csc(CC(=O)[C@H](CC2CCCC2)c2ccc(S(C)(=O)=O)cc2)n1. The van der Waals surface area contributed by atoms with Crippen molar-refractivity contribution >= 4 is 69.0 Å². The molecule has 0 unspecified atom stereocenters. The summed E-state index contributed by atoms with van der Waals surface area (Å²) in [6.45, 7) is 7.68. The van der Waals surface area contributed by atoms with Crippen LogP contribution in [-0.2, 0) is 53.1 Å². The summed E-state index contributed by atoms with van der Waals surface area (Å²) in [6, 6.07) is 6.64. The smallest absolute Gasteiger partial charge is 0.304 e. The molecule has 2 aromatic rings. The maximum atomic E-state index is 13.4. The van der Waals surface area contributed by atoms with Gasteiger partial charge in [0.1, 0.15) is 10.8 Å². The largest absolute Gasteiger partial charge is 0.397 e. The summed E-state index contributed by atoms with van der Waals surface area (Å²) >= 11 is 4.18. The Hall–Kier alpha value is -1.08. The number of carbonyl (C=O) groups is 2. The first kappa shape index (κ1) is 40.1. The molecule has 1 saturated carbocycles. The number of thiazole rings is 1. The topological polar surface area (TPSA) is 152 Å². The zero-order valence-corrected chi connectivity index (χ0v) is 31.4. The van der Waals surface area contributed by atoms with Gasteiger partial charge in [-0.25, -0.2) is 13.4 Å². The lowest BCUT2D eigenvalue weighted by molar-refractivity contribution is -0.120. The molecular formula is C29H44BrNO10P2S2. The van der Waals surface area contributed by atoms with Gasteiger partial charge >= 0.3 is 15.2 Å². The Morgan fingerprint density at radius 3 is 1.96 bits per heavy atom. The highest BCUT2D eigenvalue weighted by Crippen LogP contribution is 2.49. The Kier molecular flexibility index (Phi) is 17.0. The normalized spacial score (nSPS) is 15.0. The highest BCUT2D eigenvalue weighted by molar-refractivity contribution is 9.09. The monoisotopic (exact) mass is 771 g/mol. The van der Waals surface area contributed by atoms with Gasteiger partial charge in [-0.15, -0.1) is 11.3 Å². The molecule has 1 heterocycles. The zero-order valence-electron chi connectivity index (χ0n) is 26.4. The highest BCUT2D eigenvalue weighted by atomic mass is 79.9. The van der Waals surface area contributed by atoms with Crippen LogP contribution in [0.25, 0.3) is 0 Å². The number of rotatable bonds is 18. The molecule has 0 N–H and O–H groups in total. The predicted octanol–water partition coefficient (Wildman–Crippen LogP) is 7.09. The van der Waals surface area contributed by atoms with Crippen LogP contribution < -0.4 is 5.44 Å². The Morgan fingerprint density at radius 1 is 0.956 bits per heavy atom. The molecule has 0 radical (unpaired) electrons. The number of ketones is 1. The highest BCUT2D eigenvalue weighted by Gasteiger charge is 2.33. The van der Waals surface area contributed by atoms with E-state index in [1.807, 2.05) is 0 Å². The number of benzene rings is 1. The van der Waals surface area contributed by atoms with Crippen molar-refractivity contribution in [1.29, 1.82) is 0 Å². The first-order valence-electron chi connectivity index (χ1n) is 14.9. The molecule has 0 aliphatic heterocycles. The number of nitrogens with zero attached hydrogens (tertiary/aromatic N) is 1. The lowest BCUT2D eigenvalue weighted by atomic mass is 9.84. The third-order valence-corrected chi connectivity index (χ3v) is 14.0. The van der Waals surface area contributed by atoms with E-state index in [1.165, 1.54) is 30.4 Å². The van der Waals surface area contributed by atoms with E-state index < -0.39 is 30.6 Å². The Balaban J connectivity index is 0.000000498. The molecule has 0 saturated heterocycles. The van der Waals surface area contributed by atoms with Crippen LogP contribution in [0.3, 0.4) is 0 Å². The fraction of sp³-hybridized carbons (Fsp3) is 0.621. The van der Waals surface area contributed by atoms with E-state index in [9.17, 15) is 27.1 Å². The lowest BCUT2D eigenvalue weighted by Gasteiger charge is -2.20. The van der Waals surface area contributed by atoms with Crippen molar-refractivity contribution in [2.24, 2.45) is 5.92 Å². The Labute approximate surface area is 279 Å². The summed E-state index contributed by atoms with van der Waals surface area (Å²) in [5.74, 6) is 0.175. The minimum Gasteiger partial charge on any atom is -0.304 e. The first-order chi connectivity index (χ1) is 21.3. The molecule has 11 nitrogen and oxygen atoms in total. The average Bonchev–Trinajstić information content (AvgIpc) is 3.69.